The molecule has 0 bridgehead atoms. The second-order valence-electron chi connectivity index (χ2n) is 10.1. The van der Waals surface area contributed by atoms with Crippen molar-refractivity contribution < 1.29 is 4.79 Å². The van der Waals surface area contributed by atoms with Gasteiger partial charge in [0.2, 0.25) is 0 Å². The number of fused-ring (bicyclic) bond motifs is 3. The first kappa shape index (κ1) is 23.2. The minimum absolute atomic E-state index is 0.135. The molecule has 186 valence electrons. The monoisotopic (exact) mass is 512 g/mol. The highest BCUT2D eigenvalue weighted by Gasteiger charge is 2.54. The highest BCUT2D eigenvalue weighted by atomic mass is 31.1. The number of hydrogen-bond donors (Lipinski definition) is 0. The summed E-state index contributed by atoms with van der Waals surface area (Å²) >= 11 is 0. The van der Waals surface area contributed by atoms with Gasteiger partial charge < -0.3 is 4.90 Å². The van der Waals surface area contributed by atoms with Gasteiger partial charge in [0.15, 0.2) is 0 Å². The van der Waals surface area contributed by atoms with E-state index in [0.717, 1.165) is 18.5 Å². The van der Waals surface area contributed by atoms with Crippen molar-refractivity contribution in [3.63, 3.8) is 0 Å². The second-order valence-corrected chi connectivity index (χ2v) is 12.3. The first-order valence-electron chi connectivity index (χ1n) is 13.3. The molecular weight excluding hydrogens is 483 g/mol. The lowest BCUT2D eigenvalue weighted by molar-refractivity contribution is -0.119. The highest BCUT2D eigenvalue weighted by molar-refractivity contribution is 7.79. The molecule has 1 unspecified atom stereocenters. The van der Waals surface area contributed by atoms with Crippen LogP contribution in [-0.4, -0.2) is 16.8 Å². The Morgan fingerprint density at radius 2 is 1.32 bits per heavy atom. The van der Waals surface area contributed by atoms with E-state index >= 15 is 0 Å². The number of carbonyl (C=O) groups excluding carboxylic acids is 1. The molecule has 4 aromatic rings. The minimum Gasteiger partial charge on any atom is -0.338 e. The van der Waals surface area contributed by atoms with Gasteiger partial charge in [-0.3, -0.25) is 9.69 Å². The van der Waals surface area contributed by atoms with Crippen molar-refractivity contribution in [2.45, 2.75) is 25.0 Å². The van der Waals surface area contributed by atoms with E-state index < -0.39 is 7.92 Å². The number of carbonyl (C=O) groups is 1. The van der Waals surface area contributed by atoms with Crippen LogP contribution in [0, 0.1) is 5.92 Å². The van der Waals surface area contributed by atoms with Crippen molar-refractivity contribution in [3.05, 3.63) is 145 Å². The topological polar surface area (TPSA) is 23.6 Å². The van der Waals surface area contributed by atoms with Crippen molar-refractivity contribution in [2.24, 2.45) is 5.92 Å². The molecule has 4 heteroatoms. The molecule has 38 heavy (non-hydrogen) atoms. The first-order valence-corrected chi connectivity index (χ1v) is 14.7. The van der Waals surface area contributed by atoms with E-state index in [-0.39, 0.29) is 18.1 Å². The highest BCUT2D eigenvalue weighted by Crippen LogP contribution is 2.51. The largest absolute Gasteiger partial charge is 0.338 e. The van der Waals surface area contributed by atoms with Gasteiger partial charge in [-0.1, -0.05) is 115 Å². The summed E-state index contributed by atoms with van der Waals surface area (Å²) in [6.45, 7) is 0. The molecular formula is C34H29N2OP. The maximum Gasteiger partial charge on any atom is 0.251 e. The van der Waals surface area contributed by atoms with Gasteiger partial charge in [0.25, 0.3) is 5.91 Å². The molecule has 0 aromatic heterocycles. The maximum absolute atomic E-state index is 14.2. The Morgan fingerprint density at radius 1 is 0.711 bits per heavy atom. The van der Waals surface area contributed by atoms with Crippen LogP contribution >= 0.6 is 7.92 Å². The summed E-state index contributed by atoms with van der Waals surface area (Å²) in [5, 5.41) is 3.93. The van der Waals surface area contributed by atoms with Crippen LogP contribution in [-0.2, 0) is 4.79 Å². The zero-order chi connectivity index (χ0) is 25.5. The lowest BCUT2D eigenvalue weighted by Gasteiger charge is -2.36. The molecule has 0 N–H and O–H groups in total. The number of rotatable bonds is 5. The quantitative estimate of drug-likeness (QED) is 0.305. The molecule has 4 aromatic carbocycles. The fourth-order valence-electron chi connectivity index (χ4n) is 6.32. The summed E-state index contributed by atoms with van der Waals surface area (Å²) in [6.07, 6.45) is 8.33. The number of para-hydroxylation sites is 1. The smallest absolute Gasteiger partial charge is 0.251 e. The Labute approximate surface area is 225 Å². The Morgan fingerprint density at radius 3 is 2.00 bits per heavy atom. The molecule has 1 amide bonds. The van der Waals surface area contributed by atoms with Gasteiger partial charge >= 0.3 is 0 Å². The standard InChI is InChI=1S/C34H29N2OP/c37-34-31-24-25-14-10-12-22-30(25)36(31)33(35(34)26-15-4-1-5-16-26)29-21-11-13-23-32(29)38(27-17-6-2-7-18-27)28-19-8-3-9-20-28/h1-13,15-23,25,31,33H,14,24H2/t25?,31-,33-/m0/s1. The molecule has 2 heterocycles. The van der Waals surface area contributed by atoms with Crippen LogP contribution in [0.2, 0.25) is 0 Å². The zero-order valence-electron chi connectivity index (χ0n) is 21.1. The van der Waals surface area contributed by atoms with E-state index in [1.165, 1.54) is 27.2 Å². The Kier molecular flexibility index (Phi) is 5.95. The van der Waals surface area contributed by atoms with E-state index in [2.05, 4.69) is 125 Å². The van der Waals surface area contributed by atoms with Gasteiger partial charge in [-0.2, -0.15) is 0 Å². The summed E-state index contributed by atoms with van der Waals surface area (Å²) in [5.74, 6) is 0.612. The molecule has 2 fully saturated rings. The van der Waals surface area contributed by atoms with Gasteiger partial charge in [0.1, 0.15) is 12.2 Å². The Bertz CT molecular complexity index is 1480. The molecule has 2 aliphatic heterocycles. The molecule has 0 spiro atoms. The fourth-order valence-corrected chi connectivity index (χ4v) is 8.80. The van der Waals surface area contributed by atoms with Gasteiger partial charge in [-0.05, 0) is 54.9 Å². The number of benzene rings is 4. The van der Waals surface area contributed by atoms with Crippen molar-refractivity contribution in [1.29, 1.82) is 0 Å². The summed E-state index contributed by atoms with van der Waals surface area (Å²) in [7, 11) is -0.820. The average Bonchev–Trinajstić information content (AvgIpc) is 3.50. The van der Waals surface area contributed by atoms with Gasteiger partial charge in [-0.25, -0.2) is 0 Å². The zero-order valence-corrected chi connectivity index (χ0v) is 22.0. The van der Waals surface area contributed by atoms with Crippen LogP contribution in [0.5, 0.6) is 0 Å². The van der Waals surface area contributed by atoms with Crippen molar-refractivity contribution in [1.82, 2.24) is 4.90 Å². The number of allylic oxidation sites excluding steroid dienone is 4. The number of amides is 1. The fraction of sp³-hybridized carbons (Fsp3) is 0.147. The summed E-state index contributed by atoms with van der Waals surface area (Å²) < 4.78 is 0. The van der Waals surface area contributed by atoms with Crippen LogP contribution in [0.25, 0.3) is 0 Å². The average molecular weight is 513 g/mol. The van der Waals surface area contributed by atoms with Crippen LogP contribution in [0.4, 0.5) is 5.69 Å². The van der Waals surface area contributed by atoms with Gasteiger partial charge in [0, 0.05) is 22.9 Å². The van der Waals surface area contributed by atoms with E-state index in [9.17, 15) is 4.79 Å². The third-order valence-corrected chi connectivity index (χ3v) is 10.5. The van der Waals surface area contributed by atoms with Gasteiger partial charge in [0.05, 0.1) is 0 Å². The number of hydrogen-bond acceptors (Lipinski definition) is 2. The maximum atomic E-state index is 14.2. The molecule has 2 saturated heterocycles. The van der Waals surface area contributed by atoms with Gasteiger partial charge in [-0.15, -0.1) is 0 Å². The predicted molar refractivity (Wildman–Crippen MR) is 157 cm³/mol. The third-order valence-electron chi connectivity index (χ3n) is 7.93. The van der Waals surface area contributed by atoms with Crippen LogP contribution in [0.1, 0.15) is 24.6 Å². The number of nitrogens with zero attached hydrogens (tertiary/aromatic N) is 2. The van der Waals surface area contributed by atoms with Crippen LogP contribution in [0.3, 0.4) is 0 Å². The van der Waals surface area contributed by atoms with Crippen LogP contribution in [0.15, 0.2) is 139 Å². The van der Waals surface area contributed by atoms with Crippen LogP contribution < -0.4 is 20.8 Å². The molecule has 3 aliphatic rings. The van der Waals surface area contributed by atoms with E-state index in [4.69, 9.17) is 0 Å². The Hall–Kier alpha value is -3.94. The van der Waals surface area contributed by atoms with E-state index in [1.807, 2.05) is 18.2 Å². The Balaban J connectivity index is 1.45. The molecule has 0 radical (unpaired) electrons. The normalized spacial score (nSPS) is 22.0. The summed E-state index contributed by atoms with van der Waals surface area (Å²) in [6, 6.07) is 40.6. The minimum atomic E-state index is -0.820. The first-order chi connectivity index (χ1) is 18.8. The van der Waals surface area contributed by atoms with E-state index in [0.29, 0.717) is 5.92 Å². The van der Waals surface area contributed by atoms with E-state index in [1.54, 1.807) is 0 Å². The molecule has 3 nitrogen and oxygen atoms in total. The second kappa shape index (κ2) is 9.74. The molecule has 3 atom stereocenters. The molecule has 7 rings (SSSR count). The third kappa shape index (κ3) is 3.81. The number of anilines is 1. The summed E-state index contributed by atoms with van der Waals surface area (Å²) in [4.78, 5) is 18.7. The van der Waals surface area contributed by atoms with Crippen molar-refractivity contribution >= 4 is 35.4 Å². The molecule has 0 saturated carbocycles. The predicted octanol–water partition coefficient (Wildman–Crippen LogP) is 6.02. The summed E-state index contributed by atoms with van der Waals surface area (Å²) in [5.41, 5.74) is 3.47. The molecule has 1 aliphatic carbocycles. The SMILES string of the molecule is O=C1[C@@H]2CC3CC=CC=C3N2[C@@H](c2ccccc2P(c2ccccc2)c2ccccc2)N1c1ccccc1. The lowest BCUT2D eigenvalue weighted by Crippen LogP contribution is -2.36. The van der Waals surface area contributed by atoms with Crippen molar-refractivity contribution in [3.8, 4) is 0 Å². The lowest BCUT2D eigenvalue weighted by atomic mass is 9.94. The van der Waals surface area contributed by atoms with Crippen molar-refractivity contribution in [2.75, 3.05) is 4.90 Å².